The van der Waals surface area contributed by atoms with Gasteiger partial charge in [0.25, 0.3) is 11.6 Å². The van der Waals surface area contributed by atoms with E-state index in [1.165, 1.54) is 18.6 Å². The maximum absolute atomic E-state index is 12.3. The van der Waals surface area contributed by atoms with Gasteiger partial charge in [0.05, 0.1) is 21.1 Å². The smallest absolute Gasteiger partial charge is 0.338 e. The van der Waals surface area contributed by atoms with Crippen molar-refractivity contribution < 1.29 is 19.2 Å². The fourth-order valence-electron chi connectivity index (χ4n) is 3.09. The minimum absolute atomic E-state index is 0.0145. The number of benzene rings is 2. The summed E-state index contributed by atoms with van der Waals surface area (Å²) in [5, 5.41) is 13.4. The maximum atomic E-state index is 12.3. The van der Waals surface area contributed by atoms with E-state index in [1.54, 1.807) is 24.3 Å². The van der Waals surface area contributed by atoms with Crippen molar-refractivity contribution in [3.05, 3.63) is 68.7 Å². The predicted molar refractivity (Wildman–Crippen MR) is 105 cm³/mol. The van der Waals surface area contributed by atoms with Crippen molar-refractivity contribution >= 4 is 34.9 Å². The van der Waals surface area contributed by atoms with Gasteiger partial charge in [-0.2, -0.15) is 0 Å². The number of carbonyl (C=O) groups excluding carboxylic acids is 2. The molecule has 0 saturated heterocycles. The number of halogens is 1. The van der Waals surface area contributed by atoms with E-state index in [-0.39, 0.29) is 28.3 Å². The quantitative estimate of drug-likeness (QED) is 0.431. The molecule has 2 aromatic rings. The van der Waals surface area contributed by atoms with Crippen molar-refractivity contribution in [1.29, 1.82) is 0 Å². The molecule has 0 atom stereocenters. The Bertz CT molecular complexity index is 892. The summed E-state index contributed by atoms with van der Waals surface area (Å²) in [5.74, 6) is -0.874. The van der Waals surface area contributed by atoms with Crippen molar-refractivity contribution in [1.82, 2.24) is 0 Å². The van der Waals surface area contributed by atoms with Gasteiger partial charge in [-0.15, -0.1) is 0 Å². The van der Waals surface area contributed by atoms with E-state index < -0.39 is 10.8 Å². The lowest BCUT2D eigenvalue weighted by molar-refractivity contribution is -0.384. The van der Waals surface area contributed by atoms with Gasteiger partial charge < -0.3 is 10.1 Å². The highest BCUT2D eigenvalue weighted by Gasteiger charge is 2.19. The number of carbonyl (C=O) groups is 2. The molecule has 1 N–H and O–H groups in total. The number of amides is 1. The Hall–Kier alpha value is -2.93. The summed E-state index contributed by atoms with van der Waals surface area (Å²) in [4.78, 5) is 34.7. The number of rotatable bonds is 5. The Morgan fingerprint density at radius 2 is 1.75 bits per heavy atom. The maximum Gasteiger partial charge on any atom is 0.338 e. The van der Waals surface area contributed by atoms with Crippen LogP contribution in [-0.2, 0) is 4.74 Å². The molecule has 0 bridgehead atoms. The van der Waals surface area contributed by atoms with Gasteiger partial charge in [0.1, 0.15) is 6.10 Å². The highest BCUT2D eigenvalue weighted by atomic mass is 35.5. The summed E-state index contributed by atoms with van der Waals surface area (Å²) in [5.41, 5.74) is 0.806. The highest BCUT2D eigenvalue weighted by Crippen LogP contribution is 2.24. The van der Waals surface area contributed by atoms with Crippen LogP contribution in [0.3, 0.4) is 0 Å². The lowest BCUT2D eigenvalue weighted by Gasteiger charge is -2.21. The summed E-state index contributed by atoms with van der Waals surface area (Å²) >= 11 is 5.97. The number of hydrogen-bond acceptors (Lipinski definition) is 5. The van der Waals surface area contributed by atoms with Crippen molar-refractivity contribution in [3.63, 3.8) is 0 Å². The Kier molecular flexibility index (Phi) is 6.26. The number of anilines is 1. The molecule has 0 aliphatic heterocycles. The summed E-state index contributed by atoms with van der Waals surface area (Å²) in [6.07, 6.45) is 5.11. The third-order valence-corrected chi connectivity index (χ3v) is 4.93. The summed E-state index contributed by atoms with van der Waals surface area (Å²) < 4.78 is 5.52. The van der Waals surface area contributed by atoms with Crippen LogP contribution in [-0.4, -0.2) is 22.9 Å². The third kappa shape index (κ3) is 4.86. The molecule has 0 aromatic heterocycles. The number of ether oxygens (including phenoxy) is 1. The van der Waals surface area contributed by atoms with Gasteiger partial charge in [0.2, 0.25) is 0 Å². The fourth-order valence-corrected chi connectivity index (χ4v) is 3.35. The average molecular weight is 403 g/mol. The van der Waals surface area contributed by atoms with Gasteiger partial charge in [0, 0.05) is 17.8 Å². The second kappa shape index (κ2) is 8.84. The molecular weight excluding hydrogens is 384 g/mol. The first-order chi connectivity index (χ1) is 13.4. The van der Waals surface area contributed by atoms with Crippen LogP contribution in [0.4, 0.5) is 11.4 Å². The zero-order chi connectivity index (χ0) is 20.1. The number of esters is 1. The molecule has 0 radical (unpaired) electrons. The molecule has 0 heterocycles. The Morgan fingerprint density at radius 1 is 1.07 bits per heavy atom. The molecular formula is C20H19ClN2O5. The van der Waals surface area contributed by atoms with E-state index in [4.69, 9.17) is 16.3 Å². The molecule has 1 aliphatic rings. The number of hydrogen-bond donors (Lipinski definition) is 1. The molecule has 28 heavy (non-hydrogen) atoms. The number of nitro groups is 1. The van der Waals surface area contributed by atoms with Crippen LogP contribution in [0.15, 0.2) is 42.5 Å². The first-order valence-electron chi connectivity index (χ1n) is 9.00. The number of nitrogens with one attached hydrogen (secondary N) is 1. The molecule has 1 saturated carbocycles. The summed E-state index contributed by atoms with van der Waals surface area (Å²) in [6, 6.07) is 9.98. The van der Waals surface area contributed by atoms with Crippen molar-refractivity contribution in [3.8, 4) is 0 Å². The second-order valence-electron chi connectivity index (χ2n) is 6.62. The third-order valence-electron chi connectivity index (χ3n) is 4.61. The molecule has 1 aliphatic carbocycles. The Morgan fingerprint density at radius 3 is 2.36 bits per heavy atom. The summed E-state index contributed by atoms with van der Waals surface area (Å²) in [7, 11) is 0. The van der Waals surface area contributed by atoms with Crippen molar-refractivity contribution in [2.75, 3.05) is 5.32 Å². The standard InChI is InChI=1S/C20H19ClN2O5/c21-18-12-15(23(26)27)10-11-17(18)19(24)22-14-8-6-13(7-9-14)20(25)28-16-4-2-1-3-5-16/h6-12,16H,1-5H2,(H,22,24). The minimum atomic E-state index is -0.585. The average Bonchev–Trinajstić information content (AvgIpc) is 2.69. The first kappa shape index (κ1) is 19.8. The SMILES string of the molecule is O=C(OC1CCCCC1)c1ccc(NC(=O)c2ccc([N+](=O)[O-])cc2Cl)cc1. The van der Waals surface area contributed by atoms with Crippen LogP contribution in [0, 0.1) is 10.1 Å². The lowest BCUT2D eigenvalue weighted by atomic mass is 9.98. The molecule has 0 unspecified atom stereocenters. The van der Waals surface area contributed by atoms with Crippen LogP contribution in [0.2, 0.25) is 5.02 Å². The van der Waals surface area contributed by atoms with Gasteiger partial charge in [-0.3, -0.25) is 14.9 Å². The van der Waals surface area contributed by atoms with E-state index in [0.717, 1.165) is 31.7 Å². The van der Waals surface area contributed by atoms with E-state index in [2.05, 4.69) is 5.32 Å². The van der Waals surface area contributed by atoms with Gasteiger partial charge >= 0.3 is 5.97 Å². The van der Waals surface area contributed by atoms with E-state index in [1.807, 2.05) is 0 Å². The van der Waals surface area contributed by atoms with Gasteiger partial charge in [-0.25, -0.2) is 4.79 Å². The van der Waals surface area contributed by atoms with Crippen LogP contribution in [0.5, 0.6) is 0 Å². The molecule has 1 fully saturated rings. The Balaban J connectivity index is 1.62. The van der Waals surface area contributed by atoms with Gasteiger partial charge in [-0.1, -0.05) is 18.0 Å². The zero-order valence-corrected chi connectivity index (χ0v) is 15.8. The number of non-ortho nitro benzene ring substituents is 1. The van der Waals surface area contributed by atoms with Crippen LogP contribution >= 0.6 is 11.6 Å². The molecule has 2 aromatic carbocycles. The lowest BCUT2D eigenvalue weighted by Crippen LogP contribution is -2.21. The van der Waals surface area contributed by atoms with Crippen LogP contribution in [0.1, 0.15) is 52.8 Å². The molecule has 0 spiro atoms. The normalized spacial score (nSPS) is 14.3. The van der Waals surface area contributed by atoms with Crippen molar-refractivity contribution in [2.45, 2.75) is 38.2 Å². The van der Waals surface area contributed by atoms with Crippen LogP contribution in [0.25, 0.3) is 0 Å². The largest absolute Gasteiger partial charge is 0.459 e. The van der Waals surface area contributed by atoms with Crippen LogP contribution < -0.4 is 5.32 Å². The first-order valence-corrected chi connectivity index (χ1v) is 9.38. The second-order valence-corrected chi connectivity index (χ2v) is 7.03. The van der Waals surface area contributed by atoms with E-state index in [9.17, 15) is 19.7 Å². The fraction of sp³-hybridized carbons (Fsp3) is 0.300. The van der Waals surface area contributed by atoms with E-state index in [0.29, 0.717) is 11.3 Å². The molecule has 7 nitrogen and oxygen atoms in total. The van der Waals surface area contributed by atoms with Crippen molar-refractivity contribution in [2.24, 2.45) is 0 Å². The number of nitrogens with zero attached hydrogens (tertiary/aromatic N) is 1. The van der Waals surface area contributed by atoms with Gasteiger partial charge in [-0.05, 0) is 56.0 Å². The molecule has 3 rings (SSSR count). The minimum Gasteiger partial charge on any atom is -0.459 e. The van der Waals surface area contributed by atoms with E-state index >= 15 is 0 Å². The molecule has 1 amide bonds. The number of nitro benzene ring substituents is 1. The highest BCUT2D eigenvalue weighted by molar-refractivity contribution is 6.34. The monoisotopic (exact) mass is 402 g/mol. The molecule has 8 heteroatoms. The zero-order valence-electron chi connectivity index (χ0n) is 15.0. The topological polar surface area (TPSA) is 98.5 Å². The predicted octanol–water partition coefficient (Wildman–Crippen LogP) is 4.99. The molecule has 146 valence electrons. The Labute approximate surface area is 166 Å². The summed E-state index contributed by atoms with van der Waals surface area (Å²) in [6.45, 7) is 0. The van der Waals surface area contributed by atoms with Gasteiger partial charge in [0.15, 0.2) is 0 Å².